The molecule has 1 heterocycles. The number of hydrogen-bond acceptors (Lipinski definition) is 2. The molecule has 1 nitrogen and oxygen atoms in total. The van der Waals surface area contributed by atoms with Gasteiger partial charge in [-0.05, 0) is 37.6 Å². The number of para-hydroxylation sites is 1. The molecule has 142 valence electrons. The molecule has 0 aliphatic heterocycles. The van der Waals surface area contributed by atoms with E-state index in [1.165, 1.54) is 38.3 Å². The summed E-state index contributed by atoms with van der Waals surface area (Å²) in [4.78, 5) is 2.38. The van der Waals surface area contributed by atoms with E-state index in [9.17, 15) is 0 Å². The van der Waals surface area contributed by atoms with E-state index in [0.717, 1.165) is 0 Å². The smallest absolute Gasteiger partial charge is 0.0647 e. The van der Waals surface area contributed by atoms with Gasteiger partial charge in [-0.3, -0.25) is 0 Å². The van der Waals surface area contributed by atoms with Crippen molar-refractivity contribution in [1.82, 2.24) is 0 Å². The molecule has 3 aromatic carbocycles. The minimum Gasteiger partial charge on any atom is -0.309 e. The third-order valence-electron chi connectivity index (χ3n) is 4.65. The highest BCUT2D eigenvalue weighted by Gasteiger charge is 2.19. The van der Waals surface area contributed by atoms with Crippen molar-refractivity contribution in [2.75, 3.05) is 4.90 Å². The van der Waals surface area contributed by atoms with Gasteiger partial charge in [0, 0.05) is 32.4 Å². The number of anilines is 2. The Kier molecular flexibility index (Phi) is 6.67. The quantitative estimate of drug-likeness (QED) is 0.341. The predicted molar refractivity (Wildman–Crippen MR) is 127 cm³/mol. The van der Waals surface area contributed by atoms with Crippen molar-refractivity contribution in [3.63, 3.8) is 0 Å². The third kappa shape index (κ3) is 3.88. The van der Waals surface area contributed by atoms with Crippen molar-refractivity contribution >= 4 is 38.5 Å². The maximum atomic E-state index is 2.38. The summed E-state index contributed by atoms with van der Waals surface area (Å²) in [6.45, 7) is 8.29. The second-order valence-corrected chi connectivity index (χ2v) is 7.19. The molecule has 0 radical (unpaired) electrons. The molecule has 0 N–H and O–H groups in total. The van der Waals surface area contributed by atoms with Crippen LogP contribution >= 0.6 is 11.3 Å². The summed E-state index contributed by atoms with van der Waals surface area (Å²) in [6, 6.07) is 27.8. The molecule has 4 aromatic rings. The topological polar surface area (TPSA) is 3.24 Å². The molecule has 4 rings (SSSR count). The molecule has 2 heteroatoms. The first-order valence-corrected chi connectivity index (χ1v) is 10.7. The molecule has 0 unspecified atom stereocenters. The molecule has 0 amide bonds. The van der Waals surface area contributed by atoms with E-state index in [1.54, 1.807) is 11.3 Å². The Hall–Kier alpha value is -2.84. The number of benzene rings is 3. The zero-order chi connectivity index (χ0) is 19.9. The minimum absolute atomic E-state index is 1.17. The SMILES string of the molecule is C/C=C(\c1ccccc1C)N(c1ccccc1)c1csc2ccccc12.CC. The minimum atomic E-state index is 1.17. The molecular formula is C26H27NS. The van der Waals surface area contributed by atoms with Crippen LogP contribution in [0.5, 0.6) is 0 Å². The first kappa shape index (κ1) is 19.9. The van der Waals surface area contributed by atoms with E-state index in [-0.39, 0.29) is 0 Å². The van der Waals surface area contributed by atoms with E-state index in [0.29, 0.717) is 0 Å². The van der Waals surface area contributed by atoms with Crippen molar-refractivity contribution in [1.29, 1.82) is 0 Å². The standard InChI is InChI=1S/C24H21NS.C2H6/c1-3-22(20-14-8-7-11-18(20)2)25(19-12-5-4-6-13-19)23-17-26-24-16-10-9-15-21(23)24;1-2/h3-17H,1-2H3;1-2H3/b22-3+;. The van der Waals surface area contributed by atoms with E-state index in [2.05, 4.69) is 109 Å². The third-order valence-corrected chi connectivity index (χ3v) is 5.60. The summed E-state index contributed by atoms with van der Waals surface area (Å²) in [5.41, 5.74) is 6.15. The van der Waals surface area contributed by atoms with Gasteiger partial charge < -0.3 is 4.90 Å². The zero-order valence-corrected chi connectivity index (χ0v) is 17.8. The molecule has 28 heavy (non-hydrogen) atoms. The Balaban J connectivity index is 0.00000109. The second kappa shape index (κ2) is 9.38. The fraction of sp³-hybridized carbons (Fsp3) is 0.154. The van der Waals surface area contributed by atoms with Gasteiger partial charge in [-0.2, -0.15) is 0 Å². The summed E-state index contributed by atoms with van der Waals surface area (Å²) in [7, 11) is 0. The van der Waals surface area contributed by atoms with Gasteiger partial charge in [0.1, 0.15) is 0 Å². The van der Waals surface area contributed by atoms with Gasteiger partial charge in [0.25, 0.3) is 0 Å². The van der Waals surface area contributed by atoms with Crippen molar-refractivity contribution < 1.29 is 0 Å². The predicted octanol–water partition coefficient (Wildman–Crippen LogP) is 8.44. The first-order valence-electron chi connectivity index (χ1n) is 9.83. The van der Waals surface area contributed by atoms with Crippen LogP contribution in [0.1, 0.15) is 31.9 Å². The van der Waals surface area contributed by atoms with Gasteiger partial charge in [0.15, 0.2) is 0 Å². The van der Waals surface area contributed by atoms with Gasteiger partial charge in [0.05, 0.1) is 5.69 Å². The van der Waals surface area contributed by atoms with Crippen molar-refractivity contribution in [2.24, 2.45) is 0 Å². The lowest BCUT2D eigenvalue weighted by molar-refractivity contribution is 1.28. The molecule has 0 atom stereocenters. The van der Waals surface area contributed by atoms with Crippen LogP contribution in [0.25, 0.3) is 15.8 Å². The number of rotatable bonds is 4. The summed E-state index contributed by atoms with van der Waals surface area (Å²) in [6.07, 6.45) is 2.21. The molecule has 0 fully saturated rings. The molecular weight excluding hydrogens is 358 g/mol. The van der Waals surface area contributed by atoms with Crippen LogP contribution in [0.15, 0.2) is 90.3 Å². The lowest BCUT2D eigenvalue weighted by Crippen LogP contribution is -2.15. The number of allylic oxidation sites excluding steroid dienone is 1. The average molecular weight is 386 g/mol. The maximum Gasteiger partial charge on any atom is 0.0647 e. The molecule has 0 saturated carbocycles. The average Bonchev–Trinajstić information content (AvgIpc) is 3.18. The number of fused-ring (bicyclic) bond motifs is 1. The van der Waals surface area contributed by atoms with Crippen LogP contribution in [-0.2, 0) is 0 Å². The normalized spacial score (nSPS) is 11.1. The highest BCUT2D eigenvalue weighted by molar-refractivity contribution is 7.17. The van der Waals surface area contributed by atoms with Crippen LogP contribution in [0.3, 0.4) is 0 Å². The molecule has 0 aliphatic carbocycles. The Morgan fingerprint density at radius 1 is 0.821 bits per heavy atom. The van der Waals surface area contributed by atoms with Crippen LogP contribution in [0.4, 0.5) is 11.4 Å². The Labute approximate surface area is 172 Å². The molecule has 0 spiro atoms. The lowest BCUT2D eigenvalue weighted by Gasteiger charge is -2.28. The van der Waals surface area contributed by atoms with Crippen LogP contribution < -0.4 is 4.90 Å². The van der Waals surface area contributed by atoms with E-state index < -0.39 is 0 Å². The van der Waals surface area contributed by atoms with Crippen molar-refractivity contribution in [3.8, 4) is 0 Å². The van der Waals surface area contributed by atoms with E-state index in [4.69, 9.17) is 0 Å². The summed E-state index contributed by atoms with van der Waals surface area (Å²) < 4.78 is 1.31. The second-order valence-electron chi connectivity index (χ2n) is 6.28. The molecule has 0 bridgehead atoms. The molecule has 1 aromatic heterocycles. The number of aryl methyl sites for hydroxylation is 1. The van der Waals surface area contributed by atoms with Gasteiger partial charge >= 0.3 is 0 Å². The Morgan fingerprint density at radius 3 is 2.18 bits per heavy atom. The molecule has 0 aliphatic rings. The fourth-order valence-electron chi connectivity index (χ4n) is 3.39. The largest absolute Gasteiger partial charge is 0.309 e. The highest BCUT2D eigenvalue weighted by Crippen LogP contribution is 2.42. The van der Waals surface area contributed by atoms with Gasteiger partial charge in [-0.15, -0.1) is 11.3 Å². The Morgan fingerprint density at radius 2 is 1.46 bits per heavy atom. The van der Waals surface area contributed by atoms with Crippen LogP contribution in [0, 0.1) is 6.92 Å². The lowest BCUT2D eigenvalue weighted by atomic mass is 10.0. The van der Waals surface area contributed by atoms with Crippen LogP contribution in [-0.4, -0.2) is 0 Å². The number of nitrogens with zero attached hydrogens (tertiary/aromatic N) is 1. The first-order chi connectivity index (χ1) is 13.8. The van der Waals surface area contributed by atoms with Crippen LogP contribution in [0.2, 0.25) is 0 Å². The van der Waals surface area contributed by atoms with E-state index >= 15 is 0 Å². The Bertz CT molecular complexity index is 1060. The summed E-state index contributed by atoms with van der Waals surface area (Å²) >= 11 is 1.80. The van der Waals surface area contributed by atoms with Crippen molar-refractivity contribution in [2.45, 2.75) is 27.7 Å². The van der Waals surface area contributed by atoms with Gasteiger partial charge in [0.2, 0.25) is 0 Å². The summed E-state index contributed by atoms with van der Waals surface area (Å²) in [5, 5.41) is 3.55. The monoisotopic (exact) mass is 385 g/mol. The van der Waals surface area contributed by atoms with Gasteiger partial charge in [-0.1, -0.05) is 80.6 Å². The highest BCUT2D eigenvalue weighted by atomic mass is 32.1. The number of hydrogen-bond donors (Lipinski definition) is 0. The maximum absolute atomic E-state index is 2.38. The van der Waals surface area contributed by atoms with Gasteiger partial charge in [-0.25, -0.2) is 0 Å². The fourth-order valence-corrected chi connectivity index (χ4v) is 4.31. The van der Waals surface area contributed by atoms with E-state index in [1.807, 2.05) is 13.8 Å². The summed E-state index contributed by atoms with van der Waals surface area (Å²) in [5.74, 6) is 0. The van der Waals surface area contributed by atoms with Crippen molar-refractivity contribution in [3.05, 3.63) is 101 Å². The zero-order valence-electron chi connectivity index (χ0n) is 17.0. The number of thiophene rings is 1. The molecule has 0 saturated heterocycles.